The lowest BCUT2D eigenvalue weighted by atomic mass is 9.91. The molecule has 0 amide bonds. The Morgan fingerprint density at radius 3 is 1.94 bits per heavy atom. The molecule has 0 fully saturated rings. The van der Waals surface area contributed by atoms with E-state index >= 15 is 0 Å². The van der Waals surface area contributed by atoms with Gasteiger partial charge in [-0.1, -0.05) is 69.7 Å². The Morgan fingerprint density at radius 2 is 1.39 bits per heavy atom. The second-order valence-corrected chi connectivity index (χ2v) is 11.1. The van der Waals surface area contributed by atoms with E-state index in [1.165, 1.54) is 0 Å². The van der Waals surface area contributed by atoms with Gasteiger partial charge in [-0.2, -0.15) is 12.8 Å². The van der Waals surface area contributed by atoms with Crippen molar-refractivity contribution in [1.29, 1.82) is 0 Å². The molecular formula is C27H34N2O3S. The summed E-state index contributed by atoms with van der Waals surface area (Å²) in [5, 5.41) is 0. The minimum absolute atomic E-state index is 0.0789. The maximum absolute atomic E-state index is 13.5. The van der Waals surface area contributed by atoms with Crippen LogP contribution >= 0.6 is 0 Å². The number of hydrogen-bond acceptors (Lipinski definition) is 4. The van der Waals surface area contributed by atoms with Crippen molar-refractivity contribution in [2.45, 2.75) is 52.4 Å². The van der Waals surface area contributed by atoms with Crippen LogP contribution < -0.4 is 0 Å². The van der Waals surface area contributed by atoms with Gasteiger partial charge in [-0.3, -0.25) is 4.79 Å². The Bertz CT molecular complexity index is 1150. The lowest BCUT2D eigenvalue weighted by Crippen LogP contribution is -2.34. The minimum Gasteiger partial charge on any atom is -0.368 e. The standard InChI is InChI=1S/C27H34N2O3S/c1-19(2)14-16-29(17-15-20(3)4)26-18-25(23-8-6-7-9-24(23)27(26)30)28-33(31,32)22-12-10-21(5)11-13-22/h6-13,18-20H,14-17H2,1-5H3/b28-25+. The predicted molar refractivity (Wildman–Crippen MR) is 134 cm³/mol. The largest absolute Gasteiger partial charge is 0.368 e. The van der Waals surface area contributed by atoms with Crippen molar-refractivity contribution in [3.8, 4) is 0 Å². The van der Waals surface area contributed by atoms with Crippen LogP contribution in [0.15, 0.2) is 69.6 Å². The lowest BCUT2D eigenvalue weighted by Gasteiger charge is -2.30. The highest BCUT2D eigenvalue weighted by molar-refractivity contribution is 7.90. The van der Waals surface area contributed by atoms with Gasteiger partial charge in [-0.25, -0.2) is 0 Å². The van der Waals surface area contributed by atoms with Crippen LogP contribution in [-0.4, -0.2) is 37.9 Å². The van der Waals surface area contributed by atoms with Crippen molar-refractivity contribution in [2.75, 3.05) is 13.1 Å². The molecular weight excluding hydrogens is 432 g/mol. The molecule has 0 spiro atoms. The van der Waals surface area contributed by atoms with Crippen LogP contribution in [0.4, 0.5) is 0 Å². The van der Waals surface area contributed by atoms with Gasteiger partial charge in [0, 0.05) is 24.2 Å². The quantitative estimate of drug-likeness (QED) is 0.479. The zero-order valence-electron chi connectivity index (χ0n) is 20.2. The Hall–Kier alpha value is -2.73. The van der Waals surface area contributed by atoms with E-state index in [-0.39, 0.29) is 10.7 Å². The molecule has 0 aromatic heterocycles. The molecule has 0 unspecified atom stereocenters. The van der Waals surface area contributed by atoms with Gasteiger partial charge in [0.25, 0.3) is 10.0 Å². The molecule has 176 valence electrons. The molecule has 0 bridgehead atoms. The smallest absolute Gasteiger partial charge is 0.282 e. The zero-order chi connectivity index (χ0) is 24.2. The number of rotatable bonds is 9. The number of carbonyl (C=O) groups is 1. The van der Waals surface area contributed by atoms with Gasteiger partial charge in [0.05, 0.1) is 16.3 Å². The summed E-state index contributed by atoms with van der Waals surface area (Å²) in [4.78, 5) is 15.7. The number of Topliss-reactive ketones (excluding diaryl/α,β-unsaturated/α-hetero) is 1. The first-order chi connectivity index (χ1) is 15.6. The topological polar surface area (TPSA) is 66.8 Å². The summed E-state index contributed by atoms with van der Waals surface area (Å²) in [5.74, 6) is 0.908. The third kappa shape index (κ3) is 6.20. The number of nitrogens with zero attached hydrogens (tertiary/aromatic N) is 2. The molecule has 0 saturated carbocycles. The van der Waals surface area contributed by atoms with Crippen molar-refractivity contribution >= 4 is 21.5 Å². The molecule has 1 aliphatic rings. The Kier molecular flexibility index (Phi) is 7.90. The Morgan fingerprint density at radius 1 is 0.848 bits per heavy atom. The number of allylic oxidation sites excluding steroid dienone is 2. The second kappa shape index (κ2) is 10.5. The first kappa shape index (κ1) is 24.9. The fourth-order valence-corrected chi connectivity index (χ4v) is 4.69. The van der Waals surface area contributed by atoms with Crippen LogP contribution in [0.25, 0.3) is 0 Å². The van der Waals surface area contributed by atoms with Gasteiger partial charge < -0.3 is 4.90 Å². The molecule has 0 saturated heterocycles. The number of hydrogen-bond donors (Lipinski definition) is 0. The molecule has 1 aliphatic carbocycles. The van der Waals surface area contributed by atoms with Gasteiger partial charge in [-0.05, 0) is 49.8 Å². The number of fused-ring (bicyclic) bond motifs is 1. The maximum atomic E-state index is 13.5. The van der Waals surface area contributed by atoms with E-state index < -0.39 is 10.0 Å². The highest BCUT2D eigenvalue weighted by atomic mass is 32.2. The zero-order valence-corrected chi connectivity index (χ0v) is 21.0. The fraction of sp³-hybridized carbons (Fsp3) is 0.407. The molecule has 0 heterocycles. The van der Waals surface area contributed by atoms with Crippen LogP contribution in [0.5, 0.6) is 0 Å². The van der Waals surface area contributed by atoms with Crippen molar-refractivity contribution in [1.82, 2.24) is 4.90 Å². The van der Waals surface area contributed by atoms with Gasteiger partial charge in [0.1, 0.15) is 0 Å². The highest BCUT2D eigenvalue weighted by Gasteiger charge is 2.29. The molecule has 3 rings (SSSR count). The first-order valence-corrected chi connectivity index (χ1v) is 13.0. The lowest BCUT2D eigenvalue weighted by molar-refractivity contribution is 0.0985. The predicted octanol–water partition coefficient (Wildman–Crippen LogP) is 5.65. The number of carbonyl (C=O) groups excluding carboxylic acids is 1. The SMILES string of the molecule is Cc1ccc(S(=O)(=O)/N=C2\C=C(N(CCC(C)C)CCC(C)C)C(=O)c3ccccc32)cc1. The van der Waals surface area contributed by atoms with Crippen molar-refractivity contribution in [3.05, 3.63) is 77.0 Å². The van der Waals surface area contributed by atoms with Crippen molar-refractivity contribution in [3.63, 3.8) is 0 Å². The molecule has 5 nitrogen and oxygen atoms in total. The summed E-state index contributed by atoms with van der Waals surface area (Å²) in [6.07, 6.45) is 3.55. The van der Waals surface area contributed by atoms with Gasteiger partial charge in [0.15, 0.2) is 0 Å². The van der Waals surface area contributed by atoms with E-state index in [9.17, 15) is 13.2 Å². The Balaban J connectivity index is 2.09. The number of sulfonamides is 1. The summed E-state index contributed by atoms with van der Waals surface area (Å²) in [6.45, 7) is 12.0. The third-order valence-electron chi connectivity index (χ3n) is 5.78. The van der Waals surface area contributed by atoms with E-state index in [2.05, 4.69) is 37.0 Å². The van der Waals surface area contributed by atoms with E-state index in [0.29, 0.717) is 34.4 Å². The average Bonchev–Trinajstić information content (AvgIpc) is 2.76. The normalized spacial score (nSPS) is 15.2. The van der Waals surface area contributed by atoms with Gasteiger partial charge in [0.2, 0.25) is 5.78 Å². The molecule has 0 radical (unpaired) electrons. The van der Waals surface area contributed by atoms with Crippen LogP contribution in [-0.2, 0) is 10.0 Å². The molecule has 33 heavy (non-hydrogen) atoms. The number of benzene rings is 2. The molecule has 0 N–H and O–H groups in total. The monoisotopic (exact) mass is 466 g/mol. The third-order valence-corrected chi connectivity index (χ3v) is 7.09. The fourth-order valence-electron chi connectivity index (χ4n) is 3.70. The van der Waals surface area contributed by atoms with Crippen LogP contribution in [0, 0.1) is 18.8 Å². The summed E-state index contributed by atoms with van der Waals surface area (Å²) in [7, 11) is -3.92. The van der Waals surface area contributed by atoms with E-state index in [4.69, 9.17) is 0 Å². The van der Waals surface area contributed by atoms with Crippen molar-refractivity contribution in [2.24, 2.45) is 16.2 Å². The van der Waals surface area contributed by atoms with Crippen molar-refractivity contribution < 1.29 is 13.2 Å². The highest BCUT2D eigenvalue weighted by Crippen LogP contribution is 2.27. The van der Waals surface area contributed by atoms with Crippen LogP contribution in [0.2, 0.25) is 0 Å². The second-order valence-electron chi connectivity index (χ2n) is 9.52. The maximum Gasteiger partial charge on any atom is 0.282 e. The minimum atomic E-state index is -3.92. The molecule has 0 atom stereocenters. The Labute approximate surface area is 198 Å². The first-order valence-electron chi connectivity index (χ1n) is 11.6. The summed E-state index contributed by atoms with van der Waals surface area (Å²) < 4.78 is 30.4. The van der Waals surface area contributed by atoms with E-state index in [1.807, 2.05) is 6.92 Å². The van der Waals surface area contributed by atoms with Gasteiger partial charge >= 0.3 is 0 Å². The van der Waals surface area contributed by atoms with Gasteiger partial charge in [-0.15, -0.1) is 0 Å². The molecule has 6 heteroatoms. The summed E-state index contributed by atoms with van der Waals surface area (Å²) in [6, 6.07) is 13.8. The molecule has 0 aliphatic heterocycles. The van der Waals surface area contributed by atoms with Crippen LogP contribution in [0.3, 0.4) is 0 Å². The molecule has 2 aromatic carbocycles. The number of ketones is 1. The van der Waals surface area contributed by atoms with E-state index in [0.717, 1.165) is 31.5 Å². The number of aryl methyl sites for hydroxylation is 1. The summed E-state index contributed by atoms with van der Waals surface area (Å²) in [5.41, 5.74) is 2.85. The van der Waals surface area contributed by atoms with Crippen LogP contribution in [0.1, 0.15) is 62.0 Å². The summed E-state index contributed by atoms with van der Waals surface area (Å²) >= 11 is 0. The van der Waals surface area contributed by atoms with E-state index in [1.54, 1.807) is 54.6 Å². The molecule has 2 aromatic rings. The average molecular weight is 467 g/mol.